The highest BCUT2D eigenvalue weighted by molar-refractivity contribution is 4.93. The van der Waals surface area contributed by atoms with Crippen LogP contribution in [0.3, 0.4) is 0 Å². The van der Waals surface area contributed by atoms with Crippen molar-refractivity contribution >= 4 is 0 Å². The van der Waals surface area contributed by atoms with Gasteiger partial charge in [-0.15, -0.1) is 0 Å². The van der Waals surface area contributed by atoms with E-state index in [0.29, 0.717) is 12.0 Å². The van der Waals surface area contributed by atoms with Gasteiger partial charge in [-0.3, -0.25) is 0 Å². The van der Waals surface area contributed by atoms with Gasteiger partial charge in [-0.2, -0.15) is 0 Å². The fourth-order valence-electron chi connectivity index (χ4n) is 2.79. The highest BCUT2D eigenvalue weighted by atomic mass is 16.5. The minimum Gasteiger partial charge on any atom is -0.389 e. The maximum Gasteiger partial charge on any atom is 0.0723 e. The first kappa shape index (κ1) is 11.4. The third-order valence-corrected chi connectivity index (χ3v) is 4.08. The summed E-state index contributed by atoms with van der Waals surface area (Å²) < 4.78 is 5.38. The predicted molar refractivity (Wildman–Crippen MR) is 59.8 cm³/mol. The summed E-state index contributed by atoms with van der Waals surface area (Å²) in [5.41, 5.74) is -0.443. The van der Waals surface area contributed by atoms with E-state index in [4.69, 9.17) is 4.74 Å². The lowest BCUT2D eigenvalue weighted by atomic mass is 9.79. The monoisotopic (exact) mass is 213 g/mol. The Morgan fingerprint density at radius 1 is 1.33 bits per heavy atom. The first-order valence-electron chi connectivity index (χ1n) is 6.16. The molecule has 2 heterocycles. The highest BCUT2D eigenvalue weighted by Crippen LogP contribution is 2.35. The zero-order valence-corrected chi connectivity index (χ0v) is 9.91. The fourth-order valence-corrected chi connectivity index (χ4v) is 2.79. The van der Waals surface area contributed by atoms with Crippen molar-refractivity contribution in [1.82, 2.24) is 4.90 Å². The zero-order chi connectivity index (χ0) is 10.9. The summed E-state index contributed by atoms with van der Waals surface area (Å²) in [6.45, 7) is 8.11. The van der Waals surface area contributed by atoms with E-state index in [1.165, 1.54) is 0 Å². The number of rotatable bonds is 2. The van der Waals surface area contributed by atoms with Gasteiger partial charge in [-0.05, 0) is 33.1 Å². The molecule has 88 valence electrons. The van der Waals surface area contributed by atoms with Gasteiger partial charge in [-0.25, -0.2) is 0 Å². The van der Waals surface area contributed by atoms with E-state index < -0.39 is 5.60 Å². The van der Waals surface area contributed by atoms with Crippen LogP contribution < -0.4 is 0 Å². The number of likely N-dealkylation sites (tertiary alicyclic amines) is 1. The standard InChI is InChI=1S/C12H23NO2/c1-10(2)13-6-4-12(14,5-7-13)11-3-8-15-9-11/h10-11,14H,3-9H2,1-2H3. The van der Waals surface area contributed by atoms with Crippen LogP contribution >= 0.6 is 0 Å². The van der Waals surface area contributed by atoms with E-state index in [0.717, 1.165) is 45.6 Å². The summed E-state index contributed by atoms with van der Waals surface area (Å²) in [5, 5.41) is 10.6. The zero-order valence-electron chi connectivity index (χ0n) is 9.91. The van der Waals surface area contributed by atoms with Gasteiger partial charge < -0.3 is 14.7 Å². The molecule has 0 amide bonds. The Labute approximate surface area is 92.4 Å². The Kier molecular flexibility index (Phi) is 3.33. The minimum absolute atomic E-state index is 0.381. The Morgan fingerprint density at radius 2 is 2.00 bits per heavy atom. The molecule has 15 heavy (non-hydrogen) atoms. The Hall–Kier alpha value is -0.120. The Balaban J connectivity index is 1.90. The molecule has 2 aliphatic heterocycles. The second kappa shape index (κ2) is 4.40. The highest BCUT2D eigenvalue weighted by Gasteiger charge is 2.41. The van der Waals surface area contributed by atoms with E-state index >= 15 is 0 Å². The summed E-state index contributed by atoms with van der Waals surface area (Å²) in [7, 11) is 0. The molecule has 3 heteroatoms. The SMILES string of the molecule is CC(C)N1CCC(O)(C2CCOC2)CC1. The number of ether oxygens (including phenoxy) is 1. The first-order chi connectivity index (χ1) is 7.12. The maximum atomic E-state index is 10.6. The van der Waals surface area contributed by atoms with Crippen molar-refractivity contribution in [3.8, 4) is 0 Å². The predicted octanol–water partition coefficient (Wildman–Crippen LogP) is 1.26. The molecule has 0 aromatic rings. The van der Waals surface area contributed by atoms with Crippen LogP contribution in [-0.4, -0.2) is 48.0 Å². The van der Waals surface area contributed by atoms with Crippen LogP contribution in [-0.2, 0) is 4.74 Å². The first-order valence-corrected chi connectivity index (χ1v) is 6.16. The van der Waals surface area contributed by atoms with Gasteiger partial charge in [0.1, 0.15) is 0 Å². The van der Waals surface area contributed by atoms with Crippen molar-refractivity contribution in [1.29, 1.82) is 0 Å². The van der Waals surface area contributed by atoms with Crippen molar-refractivity contribution in [2.45, 2.75) is 44.8 Å². The van der Waals surface area contributed by atoms with E-state index in [2.05, 4.69) is 18.7 Å². The van der Waals surface area contributed by atoms with Crippen molar-refractivity contribution in [3.63, 3.8) is 0 Å². The molecular weight excluding hydrogens is 190 g/mol. The molecule has 0 bridgehead atoms. The van der Waals surface area contributed by atoms with E-state index in [1.807, 2.05) is 0 Å². The van der Waals surface area contributed by atoms with Crippen LogP contribution in [0.4, 0.5) is 0 Å². The lowest BCUT2D eigenvalue weighted by Gasteiger charge is -2.42. The largest absolute Gasteiger partial charge is 0.389 e. The molecule has 0 aromatic carbocycles. The molecule has 0 radical (unpaired) electrons. The second-order valence-corrected chi connectivity index (χ2v) is 5.29. The van der Waals surface area contributed by atoms with E-state index in [9.17, 15) is 5.11 Å². The molecule has 2 aliphatic rings. The minimum atomic E-state index is -0.443. The summed E-state index contributed by atoms with van der Waals surface area (Å²) in [4.78, 5) is 2.45. The molecule has 0 spiro atoms. The summed E-state index contributed by atoms with van der Waals surface area (Å²) in [5.74, 6) is 0.381. The van der Waals surface area contributed by atoms with Gasteiger partial charge in [0.2, 0.25) is 0 Å². The van der Waals surface area contributed by atoms with Crippen LogP contribution in [0, 0.1) is 5.92 Å². The third-order valence-electron chi connectivity index (χ3n) is 4.08. The molecule has 0 saturated carbocycles. The van der Waals surface area contributed by atoms with Gasteiger partial charge >= 0.3 is 0 Å². The second-order valence-electron chi connectivity index (χ2n) is 5.29. The van der Waals surface area contributed by atoms with E-state index in [-0.39, 0.29) is 0 Å². The normalized spacial score (nSPS) is 32.4. The summed E-state index contributed by atoms with van der Waals surface area (Å²) >= 11 is 0. The molecule has 1 unspecified atom stereocenters. The summed E-state index contributed by atoms with van der Waals surface area (Å²) in [6.07, 6.45) is 2.87. The number of hydrogen-bond donors (Lipinski definition) is 1. The van der Waals surface area contributed by atoms with Gasteiger partial charge in [0, 0.05) is 31.7 Å². The third kappa shape index (κ3) is 2.35. The van der Waals surface area contributed by atoms with Crippen LogP contribution in [0.5, 0.6) is 0 Å². The quantitative estimate of drug-likeness (QED) is 0.749. The van der Waals surface area contributed by atoms with Crippen molar-refractivity contribution < 1.29 is 9.84 Å². The average Bonchev–Trinajstić information content (AvgIpc) is 2.71. The summed E-state index contributed by atoms with van der Waals surface area (Å²) in [6, 6.07) is 0.606. The molecule has 1 N–H and O–H groups in total. The van der Waals surface area contributed by atoms with Gasteiger partial charge in [-0.1, -0.05) is 0 Å². The van der Waals surface area contributed by atoms with Crippen LogP contribution in [0.1, 0.15) is 33.1 Å². The van der Waals surface area contributed by atoms with E-state index in [1.54, 1.807) is 0 Å². The van der Waals surface area contributed by atoms with Gasteiger partial charge in [0.25, 0.3) is 0 Å². The van der Waals surface area contributed by atoms with Crippen LogP contribution in [0.25, 0.3) is 0 Å². The average molecular weight is 213 g/mol. The molecule has 2 rings (SSSR count). The lowest BCUT2D eigenvalue weighted by molar-refractivity contribution is -0.0724. The molecule has 2 saturated heterocycles. The number of hydrogen-bond acceptors (Lipinski definition) is 3. The molecule has 1 atom stereocenters. The molecular formula is C12H23NO2. The van der Waals surface area contributed by atoms with Crippen molar-refractivity contribution in [2.24, 2.45) is 5.92 Å². The smallest absolute Gasteiger partial charge is 0.0723 e. The van der Waals surface area contributed by atoms with Crippen LogP contribution in [0.2, 0.25) is 0 Å². The molecule has 0 aromatic heterocycles. The van der Waals surface area contributed by atoms with Gasteiger partial charge in [0.15, 0.2) is 0 Å². The lowest BCUT2D eigenvalue weighted by Crippen LogP contribution is -2.50. The van der Waals surface area contributed by atoms with Gasteiger partial charge in [0.05, 0.1) is 12.2 Å². The Bertz CT molecular complexity index is 204. The fraction of sp³-hybridized carbons (Fsp3) is 1.00. The maximum absolute atomic E-state index is 10.6. The van der Waals surface area contributed by atoms with Crippen LogP contribution in [0.15, 0.2) is 0 Å². The number of nitrogens with zero attached hydrogens (tertiary/aromatic N) is 1. The van der Waals surface area contributed by atoms with Crippen molar-refractivity contribution in [2.75, 3.05) is 26.3 Å². The number of aliphatic hydroxyl groups is 1. The molecule has 3 nitrogen and oxygen atoms in total. The molecule has 0 aliphatic carbocycles. The molecule has 2 fully saturated rings. The topological polar surface area (TPSA) is 32.7 Å². The van der Waals surface area contributed by atoms with Crippen molar-refractivity contribution in [3.05, 3.63) is 0 Å². The number of piperidine rings is 1. The Morgan fingerprint density at radius 3 is 2.47 bits per heavy atom.